The normalized spacial score (nSPS) is 16.0. The molecule has 1 aromatic heterocycles. The van der Waals surface area contributed by atoms with Crippen LogP contribution in [-0.2, 0) is 17.5 Å². The first-order valence-corrected chi connectivity index (χ1v) is 9.56. The Balaban J connectivity index is 1.51. The molecule has 2 heterocycles. The number of piperazine rings is 1. The summed E-state index contributed by atoms with van der Waals surface area (Å²) in [5, 5.41) is 2.95. The first kappa shape index (κ1) is 21.3. The van der Waals surface area contributed by atoms with E-state index in [0.29, 0.717) is 26.2 Å². The van der Waals surface area contributed by atoms with E-state index in [0.717, 1.165) is 16.8 Å². The zero-order valence-corrected chi connectivity index (χ0v) is 16.6. The van der Waals surface area contributed by atoms with Gasteiger partial charge in [-0.3, -0.25) is 19.6 Å². The molecule has 29 heavy (non-hydrogen) atoms. The van der Waals surface area contributed by atoms with Gasteiger partial charge in [-0.15, -0.1) is 0 Å². The van der Waals surface area contributed by atoms with Gasteiger partial charge in [0.2, 0.25) is 5.91 Å². The third kappa shape index (κ3) is 5.55. The van der Waals surface area contributed by atoms with Crippen LogP contribution in [0, 0.1) is 13.8 Å². The first-order chi connectivity index (χ1) is 13.7. The molecule has 1 fully saturated rings. The molecule has 0 spiro atoms. The summed E-state index contributed by atoms with van der Waals surface area (Å²) in [4.78, 5) is 19.9. The number of rotatable bonds is 5. The summed E-state index contributed by atoms with van der Waals surface area (Å²) in [6.07, 6.45) is -3.29. The fraction of sp³-hybridized carbons (Fsp3) is 0.429. The van der Waals surface area contributed by atoms with E-state index in [-0.39, 0.29) is 24.6 Å². The first-order valence-electron chi connectivity index (χ1n) is 9.56. The van der Waals surface area contributed by atoms with Crippen LogP contribution in [-0.4, -0.2) is 53.4 Å². The van der Waals surface area contributed by atoms with Crippen molar-refractivity contribution >= 4 is 11.6 Å². The average molecular weight is 406 g/mol. The number of alkyl halides is 3. The Labute approximate surface area is 168 Å². The van der Waals surface area contributed by atoms with Crippen LogP contribution in [0.2, 0.25) is 0 Å². The van der Waals surface area contributed by atoms with Crippen LogP contribution in [0.15, 0.2) is 36.5 Å². The summed E-state index contributed by atoms with van der Waals surface area (Å²) in [6.45, 7) is 6.89. The van der Waals surface area contributed by atoms with Gasteiger partial charge in [-0.05, 0) is 42.7 Å². The highest BCUT2D eigenvalue weighted by atomic mass is 19.4. The molecule has 5 nitrogen and oxygen atoms in total. The highest BCUT2D eigenvalue weighted by molar-refractivity contribution is 5.93. The SMILES string of the molecule is Cc1cccc(NC(=O)CN2CCN(Cc3cccnc3C(F)(F)F)CC2)c1C. The zero-order valence-electron chi connectivity index (χ0n) is 16.6. The van der Waals surface area contributed by atoms with E-state index in [9.17, 15) is 18.0 Å². The monoisotopic (exact) mass is 406 g/mol. The highest BCUT2D eigenvalue weighted by Crippen LogP contribution is 2.30. The molecule has 1 aromatic carbocycles. The minimum Gasteiger partial charge on any atom is -0.325 e. The molecule has 8 heteroatoms. The van der Waals surface area contributed by atoms with Crippen LogP contribution < -0.4 is 5.32 Å². The van der Waals surface area contributed by atoms with Crippen molar-refractivity contribution in [3.8, 4) is 0 Å². The number of halogens is 3. The van der Waals surface area contributed by atoms with E-state index in [1.807, 2.05) is 41.8 Å². The van der Waals surface area contributed by atoms with Crippen LogP contribution >= 0.6 is 0 Å². The van der Waals surface area contributed by atoms with Crippen LogP contribution in [0.25, 0.3) is 0 Å². The van der Waals surface area contributed by atoms with Crippen molar-refractivity contribution in [1.29, 1.82) is 0 Å². The molecule has 3 rings (SSSR count). The second kappa shape index (κ2) is 8.92. The number of carbonyl (C=O) groups excluding carboxylic acids is 1. The number of aromatic nitrogens is 1. The summed E-state index contributed by atoms with van der Waals surface area (Å²) in [5.41, 5.74) is 2.33. The van der Waals surface area contributed by atoms with Crippen LogP contribution in [0.1, 0.15) is 22.4 Å². The lowest BCUT2D eigenvalue weighted by atomic mass is 10.1. The number of nitrogens with zero attached hydrogens (tertiary/aromatic N) is 3. The van der Waals surface area contributed by atoms with Crippen LogP contribution in [0.3, 0.4) is 0 Å². The van der Waals surface area contributed by atoms with Gasteiger partial charge in [0, 0.05) is 44.6 Å². The number of anilines is 1. The fourth-order valence-corrected chi connectivity index (χ4v) is 3.45. The zero-order chi connectivity index (χ0) is 21.0. The molecular weight excluding hydrogens is 381 g/mol. The molecule has 1 saturated heterocycles. The average Bonchev–Trinajstić information content (AvgIpc) is 2.67. The molecule has 0 aliphatic carbocycles. The predicted octanol–water partition coefficient (Wildman–Crippen LogP) is 3.47. The maximum Gasteiger partial charge on any atom is 0.433 e. The van der Waals surface area contributed by atoms with Gasteiger partial charge in [0.25, 0.3) is 0 Å². The predicted molar refractivity (Wildman–Crippen MR) is 106 cm³/mol. The van der Waals surface area contributed by atoms with Crippen molar-refractivity contribution in [1.82, 2.24) is 14.8 Å². The molecule has 1 aliphatic rings. The lowest BCUT2D eigenvalue weighted by molar-refractivity contribution is -0.142. The van der Waals surface area contributed by atoms with Gasteiger partial charge >= 0.3 is 6.18 Å². The van der Waals surface area contributed by atoms with Gasteiger partial charge in [-0.2, -0.15) is 13.2 Å². The number of carbonyl (C=O) groups is 1. The van der Waals surface area contributed by atoms with Crippen molar-refractivity contribution in [2.24, 2.45) is 0 Å². The third-order valence-corrected chi connectivity index (χ3v) is 5.26. The number of hydrogen-bond donors (Lipinski definition) is 1. The van der Waals surface area contributed by atoms with Crippen molar-refractivity contribution < 1.29 is 18.0 Å². The van der Waals surface area contributed by atoms with Crippen LogP contribution in [0.4, 0.5) is 18.9 Å². The molecule has 1 amide bonds. The number of pyridine rings is 1. The topological polar surface area (TPSA) is 48.5 Å². The molecule has 0 radical (unpaired) electrons. The number of hydrogen-bond acceptors (Lipinski definition) is 4. The maximum atomic E-state index is 13.1. The molecular formula is C21H25F3N4O. The number of amides is 1. The Morgan fingerprint density at radius 3 is 2.45 bits per heavy atom. The maximum absolute atomic E-state index is 13.1. The van der Waals surface area contributed by atoms with E-state index in [2.05, 4.69) is 10.3 Å². The molecule has 1 aliphatic heterocycles. The fourth-order valence-electron chi connectivity index (χ4n) is 3.45. The van der Waals surface area contributed by atoms with Crippen molar-refractivity contribution in [3.05, 3.63) is 58.9 Å². The second-order valence-electron chi connectivity index (χ2n) is 7.36. The summed E-state index contributed by atoms with van der Waals surface area (Å²) in [7, 11) is 0. The van der Waals surface area contributed by atoms with Gasteiger partial charge in [-0.25, -0.2) is 0 Å². The summed E-state index contributed by atoms with van der Waals surface area (Å²) in [5.74, 6) is -0.0845. The highest BCUT2D eigenvalue weighted by Gasteiger charge is 2.35. The Hall–Kier alpha value is -2.45. The van der Waals surface area contributed by atoms with E-state index in [4.69, 9.17) is 0 Å². The molecule has 0 saturated carbocycles. The van der Waals surface area contributed by atoms with E-state index in [1.54, 1.807) is 0 Å². The standard InChI is InChI=1S/C21H25F3N4O/c1-15-5-3-7-18(16(15)2)26-19(29)14-28-11-9-27(10-12-28)13-17-6-4-8-25-20(17)21(22,23)24/h3-8H,9-14H2,1-2H3,(H,26,29). The van der Waals surface area contributed by atoms with Crippen molar-refractivity contribution in [2.75, 3.05) is 38.0 Å². The van der Waals surface area contributed by atoms with Gasteiger partial charge in [-0.1, -0.05) is 18.2 Å². The number of nitrogens with one attached hydrogen (secondary N) is 1. The van der Waals surface area contributed by atoms with E-state index >= 15 is 0 Å². The lowest BCUT2D eigenvalue weighted by Crippen LogP contribution is -2.48. The van der Waals surface area contributed by atoms with Gasteiger partial charge in [0.1, 0.15) is 5.69 Å². The minimum atomic E-state index is -4.45. The third-order valence-electron chi connectivity index (χ3n) is 5.26. The molecule has 0 bridgehead atoms. The molecule has 0 unspecified atom stereocenters. The van der Waals surface area contributed by atoms with E-state index < -0.39 is 11.9 Å². The van der Waals surface area contributed by atoms with Crippen LogP contribution in [0.5, 0.6) is 0 Å². The molecule has 1 N–H and O–H groups in total. The largest absolute Gasteiger partial charge is 0.433 e. The van der Waals surface area contributed by atoms with Gasteiger partial charge < -0.3 is 5.32 Å². The molecule has 0 atom stereocenters. The number of benzene rings is 1. The summed E-state index contributed by atoms with van der Waals surface area (Å²) >= 11 is 0. The van der Waals surface area contributed by atoms with Crippen molar-refractivity contribution in [2.45, 2.75) is 26.6 Å². The van der Waals surface area contributed by atoms with Gasteiger partial charge in [0.15, 0.2) is 0 Å². The number of aryl methyl sites for hydroxylation is 1. The van der Waals surface area contributed by atoms with Gasteiger partial charge in [0.05, 0.1) is 6.54 Å². The molecule has 156 valence electrons. The Morgan fingerprint density at radius 2 is 1.76 bits per heavy atom. The Morgan fingerprint density at radius 1 is 1.07 bits per heavy atom. The second-order valence-corrected chi connectivity index (χ2v) is 7.36. The van der Waals surface area contributed by atoms with E-state index in [1.165, 1.54) is 18.3 Å². The summed E-state index contributed by atoms with van der Waals surface area (Å²) in [6, 6.07) is 8.78. The lowest BCUT2D eigenvalue weighted by Gasteiger charge is -2.34. The summed E-state index contributed by atoms with van der Waals surface area (Å²) < 4.78 is 39.3. The van der Waals surface area contributed by atoms with Crippen molar-refractivity contribution in [3.63, 3.8) is 0 Å². The minimum absolute atomic E-state index is 0.0845. The Kier molecular flexibility index (Phi) is 6.54. The Bertz CT molecular complexity index is 861. The molecule has 2 aromatic rings. The smallest absolute Gasteiger partial charge is 0.325 e. The quantitative estimate of drug-likeness (QED) is 0.826.